The van der Waals surface area contributed by atoms with Crippen LogP contribution in [-0.2, 0) is 27.5 Å². The average molecular weight is 768 g/mol. The number of rotatable bonds is 12. The Morgan fingerprint density at radius 2 is 1.74 bits per heavy atom. The van der Waals surface area contributed by atoms with Crippen LogP contribution in [-0.4, -0.2) is 96.4 Å². The van der Waals surface area contributed by atoms with Crippen LogP contribution < -0.4 is 4.90 Å². The van der Waals surface area contributed by atoms with Crippen LogP contribution in [0.15, 0.2) is 6.33 Å². The van der Waals surface area contributed by atoms with Crippen LogP contribution in [0.1, 0.15) is 20.1 Å². The van der Waals surface area contributed by atoms with Gasteiger partial charge in [0.25, 0.3) is 2.72 Å². The second kappa shape index (κ2) is 12.3. The number of aromatic nitrogens is 4. The zero-order valence-corrected chi connectivity index (χ0v) is 26.7. The summed E-state index contributed by atoms with van der Waals surface area (Å²) in [4.78, 5) is 52.8. The molecule has 0 aliphatic carbocycles. The second-order valence-electron chi connectivity index (χ2n) is 8.15. The standard InChI is InChI=1S/C16H25Br2ClN5O12P3/c1-3-23(4-2)12-9-13(22-15(19)21-12)24(6-20-9)14-11(26)10(25)8(35-14)5-34-7-37(27,28)36-39(32,33)16(17,18)38(29,30)31/h6,8,10-11,14,25-26H,3-5,7H2,1-2H3,(H,27,28)(H,32,33)(H2,29,30,31)/t8-,10-,11-,14-/m1/s1. The van der Waals surface area contributed by atoms with E-state index in [1.807, 2.05) is 18.7 Å². The van der Waals surface area contributed by atoms with Gasteiger partial charge in [0.2, 0.25) is 5.28 Å². The highest BCUT2D eigenvalue weighted by Crippen LogP contribution is 2.81. The predicted octanol–water partition coefficient (Wildman–Crippen LogP) is 1.89. The normalized spacial score (nSPS) is 25.5. The number of aliphatic hydroxyl groups is 2. The van der Waals surface area contributed by atoms with Crippen LogP contribution >= 0.6 is 66.2 Å². The first-order chi connectivity index (χ1) is 17.9. The zero-order valence-electron chi connectivity index (χ0n) is 20.1. The fourth-order valence-corrected chi connectivity index (χ4v) is 8.87. The van der Waals surface area contributed by atoms with Crippen LogP contribution in [0.25, 0.3) is 11.2 Å². The number of fused-ring (bicyclic) bond motifs is 1. The first kappa shape index (κ1) is 33.4. The number of ether oxygens (including phenoxy) is 2. The Balaban J connectivity index is 1.72. The molecule has 17 nitrogen and oxygen atoms in total. The summed E-state index contributed by atoms with van der Waals surface area (Å²) >= 11 is 10.7. The number of hydrogen-bond donors (Lipinski definition) is 6. The fraction of sp³-hybridized carbons (Fsp3) is 0.688. The lowest BCUT2D eigenvalue weighted by Gasteiger charge is -2.27. The van der Waals surface area contributed by atoms with Crippen molar-refractivity contribution in [2.75, 3.05) is 30.9 Å². The van der Waals surface area contributed by atoms with E-state index in [9.17, 15) is 43.5 Å². The molecular weight excluding hydrogens is 742 g/mol. The third-order valence-electron chi connectivity index (χ3n) is 5.52. The molecule has 1 aliphatic heterocycles. The van der Waals surface area contributed by atoms with Crippen LogP contribution in [0.4, 0.5) is 5.82 Å². The van der Waals surface area contributed by atoms with Gasteiger partial charge in [-0.3, -0.25) is 18.3 Å². The van der Waals surface area contributed by atoms with Crippen molar-refractivity contribution in [2.24, 2.45) is 0 Å². The maximum atomic E-state index is 12.3. The third-order valence-corrected chi connectivity index (χ3v) is 16.5. The highest BCUT2D eigenvalue weighted by Gasteiger charge is 2.61. The fourth-order valence-electron chi connectivity index (χ4n) is 3.60. The lowest BCUT2D eigenvalue weighted by atomic mass is 10.1. The van der Waals surface area contributed by atoms with Crippen molar-refractivity contribution in [1.82, 2.24) is 19.5 Å². The quantitative estimate of drug-likeness (QED) is 0.103. The summed E-state index contributed by atoms with van der Waals surface area (Å²) in [6.07, 6.45) is -5.48. The molecule has 1 fully saturated rings. The lowest BCUT2D eigenvalue weighted by molar-refractivity contribution is -0.0612. The molecule has 1 aliphatic rings. The van der Waals surface area contributed by atoms with Crippen LogP contribution in [0.2, 0.25) is 5.28 Å². The summed E-state index contributed by atoms with van der Waals surface area (Å²) < 4.78 is 49.2. The average Bonchev–Trinajstić information content (AvgIpc) is 3.34. The smallest absolute Gasteiger partial charge is 0.375 e. The van der Waals surface area contributed by atoms with E-state index in [0.29, 0.717) is 24.4 Å². The van der Waals surface area contributed by atoms with Gasteiger partial charge in [0.1, 0.15) is 24.7 Å². The summed E-state index contributed by atoms with van der Waals surface area (Å²) in [5.41, 5.74) is 0.574. The molecule has 2 aromatic heterocycles. The number of imidazole rings is 1. The molecule has 6 atom stereocenters. The van der Waals surface area contributed by atoms with Gasteiger partial charge >= 0.3 is 22.8 Å². The maximum Gasteiger partial charge on any atom is 0.375 e. The zero-order chi connectivity index (χ0) is 29.6. The Morgan fingerprint density at radius 1 is 1.13 bits per heavy atom. The molecule has 0 spiro atoms. The van der Waals surface area contributed by atoms with Gasteiger partial charge in [-0.05, 0) is 57.3 Å². The summed E-state index contributed by atoms with van der Waals surface area (Å²) in [6, 6.07) is 0. The van der Waals surface area contributed by atoms with Crippen molar-refractivity contribution in [3.8, 4) is 0 Å². The Hall–Kier alpha value is -0.0700. The first-order valence-electron chi connectivity index (χ1n) is 10.9. The van der Waals surface area contributed by atoms with Crippen molar-refractivity contribution in [2.45, 2.75) is 41.1 Å². The van der Waals surface area contributed by atoms with Gasteiger partial charge in [0, 0.05) is 13.1 Å². The van der Waals surface area contributed by atoms with E-state index in [0.717, 1.165) is 0 Å². The van der Waals surface area contributed by atoms with Crippen molar-refractivity contribution >= 4 is 83.2 Å². The first-order valence-corrected chi connectivity index (χ1v) is 17.8. The number of halogens is 3. The number of anilines is 1. The molecule has 0 radical (unpaired) electrons. The summed E-state index contributed by atoms with van der Waals surface area (Å²) in [6.45, 7) is 4.43. The molecule has 0 bridgehead atoms. The molecule has 222 valence electrons. The molecule has 2 aromatic rings. The minimum Gasteiger partial charge on any atom is -0.387 e. The van der Waals surface area contributed by atoms with Crippen molar-refractivity contribution in [3.05, 3.63) is 11.6 Å². The van der Waals surface area contributed by atoms with Gasteiger partial charge in [-0.1, -0.05) is 0 Å². The summed E-state index contributed by atoms with van der Waals surface area (Å²) in [5, 5.41) is 21.0. The molecule has 6 N–H and O–H groups in total. The van der Waals surface area contributed by atoms with Crippen LogP contribution in [0.3, 0.4) is 0 Å². The number of alkyl halides is 2. The van der Waals surface area contributed by atoms with E-state index in [-0.39, 0.29) is 10.9 Å². The van der Waals surface area contributed by atoms with E-state index >= 15 is 0 Å². The molecule has 0 aromatic carbocycles. The monoisotopic (exact) mass is 765 g/mol. The number of hydrogen-bond acceptors (Lipinski definition) is 12. The molecule has 0 saturated carbocycles. The third kappa shape index (κ3) is 6.95. The summed E-state index contributed by atoms with van der Waals surface area (Å²) in [5.74, 6) is 0.455. The maximum absolute atomic E-state index is 12.3. The predicted molar refractivity (Wildman–Crippen MR) is 144 cm³/mol. The minimum absolute atomic E-state index is 0.0892. The Bertz CT molecular complexity index is 1340. The molecule has 1 saturated heterocycles. The van der Waals surface area contributed by atoms with Gasteiger partial charge < -0.3 is 44.2 Å². The molecule has 3 rings (SSSR count). The highest BCUT2D eigenvalue weighted by atomic mass is 79.9. The molecule has 39 heavy (non-hydrogen) atoms. The van der Waals surface area contributed by atoms with E-state index in [1.54, 1.807) is 0 Å². The Morgan fingerprint density at radius 3 is 2.31 bits per heavy atom. The van der Waals surface area contributed by atoms with E-state index < -0.39 is 63.0 Å². The largest absolute Gasteiger partial charge is 0.387 e. The minimum atomic E-state index is -5.49. The highest BCUT2D eigenvalue weighted by molar-refractivity contribution is 9.29. The van der Waals surface area contributed by atoms with Gasteiger partial charge in [-0.2, -0.15) is 9.97 Å². The number of aliphatic hydroxyl groups excluding tert-OH is 2. The van der Waals surface area contributed by atoms with Gasteiger partial charge in [-0.15, -0.1) is 0 Å². The molecule has 3 heterocycles. The van der Waals surface area contributed by atoms with Crippen molar-refractivity contribution < 1.29 is 57.3 Å². The lowest BCUT2D eigenvalue weighted by Crippen LogP contribution is -2.34. The summed E-state index contributed by atoms with van der Waals surface area (Å²) in [7, 11) is -16.0. The topological polar surface area (TPSA) is 247 Å². The van der Waals surface area contributed by atoms with Gasteiger partial charge in [0.15, 0.2) is 23.2 Å². The SMILES string of the molecule is CCN(CC)c1nc(Cl)nc2c1ncn2[C@@H]1O[C@H](COCP(=O)(O)OP(=O)(O)C(Br)(Br)P(=O)(O)O)[C@@H](O)[C@H]1O. The van der Waals surface area contributed by atoms with Crippen molar-refractivity contribution in [3.63, 3.8) is 0 Å². The van der Waals surface area contributed by atoms with Crippen molar-refractivity contribution in [1.29, 1.82) is 0 Å². The molecular formula is C16H25Br2ClN5O12P3. The van der Waals surface area contributed by atoms with E-state index in [4.69, 9.17) is 21.1 Å². The van der Waals surface area contributed by atoms with E-state index in [1.165, 1.54) is 10.9 Å². The molecule has 2 unspecified atom stereocenters. The number of nitrogens with zero attached hydrogens (tertiary/aromatic N) is 5. The van der Waals surface area contributed by atoms with Crippen LogP contribution in [0, 0.1) is 0 Å². The van der Waals surface area contributed by atoms with Crippen LogP contribution in [0.5, 0.6) is 0 Å². The Labute approximate surface area is 242 Å². The molecule has 0 amide bonds. The Kier molecular flexibility index (Phi) is 10.5. The molecule has 23 heteroatoms. The van der Waals surface area contributed by atoms with Gasteiger partial charge in [-0.25, -0.2) is 9.29 Å². The van der Waals surface area contributed by atoms with Gasteiger partial charge in [0.05, 0.1) is 12.9 Å². The van der Waals surface area contributed by atoms with E-state index in [2.05, 4.69) is 51.1 Å². The second-order valence-corrected chi connectivity index (χ2v) is 20.4.